The van der Waals surface area contributed by atoms with E-state index in [9.17, 15) is 4.79 Å². The van der Waals surface area contributed by atoms with Crippen molar-refractivity contribution in [2.24, 2.45) is 0 Å². The summed E-state index contributed by atoms with van der Waals surface area (Å²) >= 11 is 9.37. The molecule has 0 spiro atoms. The van der Waals surface area contributed by atoms with Gasteiger partial charge in [-0.05, 0) is 32.0 Å². The average Bonchev–Trinajstić information content (AvgIpc) is 2.70. The molecule has 0 saturated heterocycles. The van der Waals surface area contributed by atoms with Crippen LogP contribution in [0.25, 0.3) is 0 Å². The number of carbonyl (C=O) groups excluding carboxylic acids is 1. The minimum atomic E-state index is -0.221. The molecule has 0 aliphatic heterocycles. The van der Waals surface area contributed by atoms with Gasteiger partial charge in [0.25, 0.3) is 0 Å². The number of nitrogens with two attached hydrogens (primary N) is 1. The van der Waals surface area contributed by atoms with Crippen molar-refractivity contribution >= 4 is 39.0 Å². The molecule has 1 aromatic carbocycles. The first-order valence-electron chi connectivity index (χ1n) is 5.74. The fraction of sp³-hybridized carbons (Fsp3) is 0.231. The van der Waals surface area contributed by atoms with Gasteiger partial charge in [-0.2, -0.15) is 5.10 Å². The second-order valence-corrected chi connectivity index (χ2v) is 5.76. The van der Waals surface area contributed by atoms with Gasteiger partial charge in [-0.3, -0.25) is 9.48 Å². The van der Waals surface area contributed by atoms with E-state index in [1.165, 1.54) is 6.20 Å². The summed E-state index contributed by atoms with van der Waals surface area (Å²) in [6, 6.07) is 5.18. The molecule has 2 rings (SSSR count). The van der Waals surface area contributed by atoms with Gasteiger partial charge in [0.15, 0.2) is 0 Å². The van der Waals surface area contributed by atoms with Gasteiger partial charge in [-0.25, -0.2) is 0 Å². The molecule has 0 amide bonds. The number of nitrogens with zero attached hydrogens (tertiary/aromatic N) is 2. The summed E-state index contributed by atoms with van der Waals surface area (Å²) in [6.45, 7) is 3.87. The lowest BCUT2D eigenvalue weighted by molar-refractivity contribution is 0.102. The van der Waals surface area contributed by atoms with Crippen LogP contribution in [0.5, 0.6) is 0 Å². The van der Waals surface area contributed by atoms with Gasteiger partial charge in [0.2, 0.25) is 5.78 Å². The third kappa shape index (κ3) is 2.67. The molecule has 0 radical (unpaired) electrons. The molecule has 1 heterocycles. The summed E-state index contributed by atoms with van der Waals surface area (Å²) < 4.78 is 2.43. The normalized spacial score (nSPS) is 11.0. The van der Waals surface area contributed by atoms with Crippen LogP contribution in [0.1, 0.15) is 35.9 Å². The number of nitrogen functional groups attached to an aromatic ring is 1. The standard InChI is InChI=1S/C13H13BrClN3O/c1-7(2)18-12(10(15)6-17-18)13(19)9-4-3-8(14)5-11(9)16/h3-7H,16H2,1-2H3. The molecule has 100 valence electrons. The summed E-state index contributed by atoms with van der Waals surface area (Å²) in [5.74, 6) is -0.221. The van der Waals surface area contributed by atoms with Gasteiger partial charge in [-0.1, -0.05) is 27.5 Å². The van der Waals surface area contributed by atoms with Crippen LogP contribution >= 0.6 is 27.5 Å². The first-order chi connectivity index (χ1) is 8.91. The van der Waals surface area contributed by atoms with E-state index in [2.05, 4.69) is 21.0 Å². The molecule has 0 unspecified atom stereocenters. The fourth-order valence-corrected chi connectivity index (χ4v) is 2.41. The van der Waals surface area contributed by atoms with Gasteiger partial charge in [0.05, 0.1) is 11.2 Å². The Kier molecular flexibility index (Phi) is 3.96. The Morgan fingerprint density at radius 1 is 1.47 bits per heavy atom. The van der Waals surface area contributed by atoms with Crippen LogP contribution in [0.4, 0.5) is 5.69 Å². The molecule has 0 fully saturated rings. The largest absolute Gasteiger partial charge is 0.398 e. The van der Waals surface area contributed by atoms with Gasteiger partial charge in [-0.15, -0.1) is 0 Å². The smallest absolute Gasteiger partial charge is 0.214 e. The number of rotatable bonds is 3. The maximum Gasteiger partial charge on any atom is 0.214 e. The number of ketones is 1. The lowest BCUT2D eigenvalue weighted by Gasteiger charge is -2.11. The summed E-state index contributed by atoms with van der Waals surface area (Å²) in [7, 11) is 0. The highest BCUT2D eigenvalue weighted by Crippen LogP contribution is 2.26. The van der Waals surface area contributed by atoms with E-state index in [1.807, 2.05) is 13.8 Å². The van der Waals surface area contributed by atoms with E-state index < -0.39 is 0 Å². The topological polar surface area (TPSA) is 60.9 Å². The van der Waals surface area contributed by atoms with E-state index in [4.69, 9.17) is 17.3 Å². The number of halogens is 2. The van der Waals surface area contributed by atoms with Crippen molar-refractivity contribution in [1.29, 1.82) is 0 Å². The molecule has 0 aliphatic carbocycles. The van der Waals surface area contributed by atoms with Crippen molar-refractivity contribution in [3.05, 3.63) is 45.1 Å². The Morgan fingerprint density at radius 2 is 2.16 bits per heavy atom. The number of hydrogen-bond acceptors (Lipinski definition) is 3. The maximum absolute atomic E-state index is 12.5. The SMILES string of the molecule is CC(C)n1ncc(Cl)c1C(=O)c1ccc(Br)cc1N. The quantitative estimate of drug-likeness (QED) is 0.683. The molecule has 6 heteroatoms. The Morgan fingerprint density at radius 3 is 2.74 bits per heavy atom. The highest BCUT2D eigenvalue weighted by Gasteiger charge is 2.22. The fourth-order valence-electron chi connectivity index (χ4n) is 1.81. The molecular formula is C13H13BrClN3O. The van der Waals surface area contributed by atoms with Crippen LogP contribution < -0.4 is 5.73 Å². The third-order valence-corrected chi connectivity index (χ3v) is 3.48. The molecule has 19 heavy (non-hydrogen) atoms. The minimum Gasteiger partial charge on any atom is -0.398 e. The second-order valence-electron chi connectivity index (χ2n) is 4.44. The zero-order valence-corrected chi connectivity index (χ0v) is 12.9. The number of carbonyl (C=O) groups is 1. The van der Waals surface area contributed by atoms with Crippen molar-refractivity contribution in [2.75, 3.05) is 5.73 Å². The first-order valence-corrected chi connectivity index (χ1v) is 6.91. The van der Waals surface area contributed by atoms with Crippen LogP contribution in [-0.2, 0) is 0 Å². The molecule has 4 nitrogen and oxygen atoms in total. The molecule has 1 aromatic heterocycles. The molecular weight excluding hydrogens is 330 g/mol. The van der Waals surface area contributed by atoms with Crippen molar-refractivity contribution in [3.8, 4) is 0 Å². The van der Waals surface area contributed by atoms with E-state index in [0.29, 0.717) is 22.0 Å². The summed E-state index contributed by atoms with van der Waals surface area (Å²) in [6.07, 6.45) is 1.48. The zero-order valence-electron chi connectivity index (χ0n) is 10.5. The third-order valence-electron chi connectivity index (χ3n) is 2.71. The second kappa shape index (κ2) is 5.35. The first kappa shape index (κ1) is 14.1. The van der Waals surface area contributed by atoms with E-state index in [-0.39, 0.29) is 11.8 Å². The van der Waals surface area contributed by atoms with E-state index in [1.54, 1.807) is 22.9 Å². The highest BCUT2D eigenvalue weighted by atomic mass is 79.9. The predicted octanol–water partition coefficient (Wildman–Crippen LogP) is 3.69. The Labute approximate surface area is 124 Å². The van der Waals surface area contributed by atoms with Gasteiger partial charge >= 0.3 is 0 Å². The molecule has 0 bridgehead atoms. The number of aromatic nitrogens is 2. The number of hydrogen-bond donors (Lipinski definition) is 1. The molecule has 0 atom stereocenters. The highest BCUT2D eigenvalue weighted by molar-refractivity contribution is 9.10. The summed E-state index contributed by atoms with van der Waals surface area (Å²) in [5.41, 5.74) is 7.08. The van der Waals surface area contributed by atoms with Crippen molar-refractivity contribution in [2.45, 2.75) is 19.9 Å². The van der Waals surface area contributed by atoms with E-state index >= 15 is 0 Å². The summed E-state index contributed by atoms with van der Waals surface area (Å²) in [5, 5.41) is 4.46. The Bertz CT molecular complexity index is 637. The lowest BCUT2D eigenvalue weighted by Crippen LogP contribution is -2.15. The zero-order chi connectivity index (χ0) is 14.2. The average molecular weight is 343 g/mol. The molecule has 0 saturated carbocycles. The summed E-state index contributed by atoms with van der Waals surface area (Å²) in [4.78, 5) is 12.5. The van der Waals surface area contributed by atoms with Crippen molar-refractivity contribution < 1.29 is 4.79 Å². The lowest BCUT2D eigenvalue weighted by atomic mass is 10.1. The van der Waals surface area contributed by atoms with Gasteiger partial charge < -0.3 is 5.73 Å². The van der Waals surface area contributed by atoms with Gasteiger partial charge in [0, 0.05) is 21.8 Å². The van der Waals surface area contributed by atoms with Crippen LogP contribution in [0.2, 0.25) is 5.02 Å². The number of anilines is 1. The molecule has 0 aliphatic rings. The van der Waals surface area contributed by atoms with Crippen LogP contribution in [0.3, 0.4) is 0 Å². The van der Waals surface area contributed by atoms with Crippen molar-refractivity contribution in [3.63, 3.8) is 0 Å². The monoisotopic (exact) mass is 341 g/mol. The predicted molar refractivity (Wildman–Crippen MR) is 79.6 cm³/mol. The van der Waals surface area contributed by atoms with Crippen molar-refractivity contribution in [1.82, 2.24) is 9.78 Å². The Hall–Kier alpha value is -1.33. The molecule has 2 aromatic rings. The van der Waals surface area contributed by atoms with Crippen LogP contribution in [-0.4, -0.2) is 15.6 Å². The Balaban J connectivity index is 2.53. The van der Waals surface area contributed by atoms with Gasteiger partial charge in [0.1, 0.15) is 5.69 Å². The maximum atomic E-state index is 12.5. The minimum absolute atomic E-state index is 0.0446. The van der Waals surface area contributed by atoms with E-state index in [0.717, 1.165) is 4.47 Å². The number of benzene rings is 1. The van der Waals surface area contributed by atoms with Crippen LogP contribution in [0.15, 0.2) is 28.9 Å². The molecule has 2 N–H and O–H groups in total. The van der Waals surface area contributed by atoms with Crippen LogP contribution in [0, 0.1) is 0 Å².